The van der Waals surface area contributed by atoms with E-state index in [2.05, 4.69) is 16.4 Å². The van der Waals surface area contributed by atoms with Gasteiger partial charge >= 0.3 is 0 Å². The molecule has 1 N–H and O–H groups in total. The fourth-order valence-electron chi connectivity index (χ4n) is 3.95. The van der Waals surface area contributed by atoms with Gasteiger partial charge in [0, 0.05) is 18.9 Å². The van der Waals surface area contributed by atoms with E-state index in [0.29, 0.717) is 6.54 Å². The lowest BCUT2D eigenvalue weighted by Gasteiger charge is -2.22. The van der Waals surface area contributed by atoms with E-state index in [-0.39, 0.29) is 5.91 Å². The van der Waals surface area contributed by atoms with Crippen LogP contribution >= 0.6 is 0 Å². The second-order valence-electron chi connectivity index (χ2n) is 7.55. The normalized spacial score (nSPS) is 14.1. The van der Waals surface area contributed by atoms with Gasteiger partial charge in [0.15, 0.2) is 6.10 Å². The molecule has 1 atom stereocenters. The van der Waals surface area contributed by atoms with Crippen LogP contribution in [0.2, 0.25) is 0 Å². The second-order valence-corrected chi connectivity index (χ2v) is 7.55. The molecule has 0 spiro atoms. The molecule has 0 saturated heterocycles. The summed E-state index contributed by atoms with van der Waals surface area (Å²) in [7, 11) is 0. The van der Waals surface area contributed by atoms with Gasteiger partial charge in [0.25, 0.3) is 5.91 Å². The van der Waals surface area contributed by atoms with E-state index in [1.807, 2.05) is 61.0 Å². The van der Waals surface area contributed by atoms with Crippen LogP contribution in [-0.4, -0.2) is 21.6 Å². The Bertz CT molecular complexity index is 1010. The first-order valence-corrected chi connectivity index (χ1v) is 10.3. The van der Waals surface area contributed by atoms with Crippen molar-refractivity contribution in [2.75, 3.05) is 0 Å². The van der Waals surface area contributed by atoms with Crippen molar-refractivity contribution < 1.29 is 9.53 Å². The summed E-state index contributed by atoms with van der Waals surface area (Å²) < 4.78 is 8.08. The summed E-state index contributed by atoms with van der Waals surface area (Å²) in [5.41, 5.74) is 4.67. The number of ether oxygens (including phenoxy) is 1. The summed E-state index contributed by atoms with van der Waals surface area (Å²) in [6, 6.07) is 14.2. The van der Waals surface area contributed by atoms with Gasteiger partial charge < -0.3 is 14.6 Å². The number of hydrogen-bond donors (Lipinski definition) is 1. The van der Waals surface area contributed by atoms with Crippen LogP contribution in [0.4, 0.5) is 0 Å². The topological polar surface area (TPSA) is 56.2 Å². The number of nitrogens with one attached hydrogen (secondary N) is 1. The van der Waals surface area contributed by atoms with Crippen LogP contribution in [0.15, 0.2) is 54.9 Å². The molecular formula is C24H27N3O2. The minimum absolute atomic E-state index is 0.115. The van der Waals surface area contributed by atoms with Crippen LogP contribution in [0.5, 0.6) is 5.75 Å². The summed E-state index contributed by atoms with van der Waals surface area (Å²) in [4.78, 5) is 17.0. The fraction of sp³-hybridized carbons (Fsp3) is 0.333. The van der Waals surface area contributed by atoms with Crippen molar-refractivity contribution in [3.05, 3.63) is 77.4 Å². The maximum Gasteiger partial charge on any atom is 0.261 e. The minimum atomic E-state index is -0.550. The number of benzene rings is 2. The highest BCUT2D eigenvalue weighted by Gasteiger charge is 2.19. The van der Waals surface area contributed by atoms with Gasteiger partial charge in [-0.05, 0) is 68.4 Å². The van der Waals surface area contributed by atoms with E-state index in [0.717, 1.165) is 35.7 Å². The molecule has 1 aliphatic rings. The van der Waals surface area contributed by atoms with E-state index in [1.54, 1.807) is 6.20 Å². The van der Waals surface area contributed by atoms with Crippen LogP contribution in [0, 0.1) is 6.92 Å². The maximum atomic E-state index is 12.7. The van der Waals surface area contributed by atoms with Crippen LogP contribution in [0.25, 0.3) is 5.69 Å². The highest BCUT2D eigenvalue weighted by Crippen LogP contribution is 2.30. The third kappa shape index (κ3) is 4.19. The molecule has 1 amide bonds. The average Bonchev–Trinajstić information content (AvgIpc) is 3.18. The smallest absolute Gasteiger partial charge is 0.261 e. The molecule has 0 unspecified atom stereocenters. The number of aromatic nitrogens is 2. The zero-order valence-electron chi connectivity index (χ0n) is 17.0. The third-order valence-corrected chi connectivity index (χ3v) is 5.56. The van der Waals surface area contributed by atoms with E-state index in [9.17, 15) is 4.79 Å². The first kappa shape index (κ1) is 19.2. The van der Waals surface area contributed by atoms with E-state index in [1.165, 1.54) is 24.0 Å². The van der Waals surface area contributed by atoms with Crippen molar-refractivity contribution in [2.24, 2.45) is 0 Å². The summed E-state index contributed by atoms with van der Waals surface area (Å²) in [6.45, 7) is 4.21. The standard InChI is InChI=1S/C24H27N3O2/c1-17(29-23-13-7-10-19-8-3-5-11-21(19)23)24(28)26-16-20-9-4-6-12-22(20)27-15-14-25-18(27)2/h4,6-7,9-10,12-15,17H,3,5,8,11,16H2,1-2H3,(H,26,28)/t17-/m0/s1. The van der Waals surface area contributed by atoms with Gasteiger partial charge in [0.1, 0.15) is 11.6 Å². The Morgan fingerprint density at radius 1 is 1.17 bits per heavy atom. The number of nitrogens with zero attached hydrogens (tertiary/aromatic N) is 2. The Morgan fingerprint density at radius 3 is 2.83 bits per heavy atom. The van der Waals surface area contributed by atoms with Crippen molar-refractivity contribution in [3.63, 3.8) is 0 Å². The van der Waals surface area contributed by atoms with Crippen LogP contribution in [-0.2, 0) is 24.2 Å². The second kappa shape index (κ2) is 8.52. The van der Waals surface area contributed by atoms with Gasteiger partial charge in [-0.25, -0.2) is 4.98 Å². The summed E-state index contributed by atoms with van der Waals surface area (Å²) >= 11 is 0. The molecule has 0 saturated carbocycles. The predicted molar refractivity (Wildman–Crippen MR) is 113 cm³/mol. The third-order valence-electron chi connectivity index (χ3n) is 5.56. The Kier molecular flexibility index (Phi) is 5.65. The number of imidazole rings is 1. The maximum absolute atomic E-state index is 12.7. The lowest BCUT2D eigenvalue weighted by molar-refractivity contribution is -0.127. The average molecular weight is 389 g/mol. The van der Waals surface area contributed by atoms with Gasteiger partial charge in [-0.15, -0.1) is 0 Å². The number of carbonyl (C=O) groups is 1. The molecule has 4 rings (SSSR count). The van der Waals surface area contributed by atoms with Crippen molar-refractivity contribution in [3.8, 4) is 11.4 Å². The molecule has 5 heteroatoms. The molecule has 1 aromatic heterocycles. The summed E-state index contributed by atoms with van der Waals surface area (Å²) in [6.07, 6.45) is 7.68. The molecule has 1 aliphatic carbocycles. The van der Waals surface area contributed by atoms with Crippen molar-refractivity contribution in [2.45, 2.75) is 52.2 Å². The van der Waals surface area contributed by atoms with Gasteiger partial charge in [-0.1, -0.05) is 30.3 Å². The molecular weight excluding hydrogens is 362 g/mol. The molecule has 0 fully saturated rings. The fourth-order valence-corrected chi connectivity index (χ4v) is 3.95. The molecule has 0 radical (unpaired) electrons. The van der Waals surface area contributed by atoms with Crippen molar-refractivity contribution in [1.82, 2.24) is 14.9 Å². The summed E-state index contributed by atoms with van der Waals surface area (Å²) in [5.74, 6) is 1.64. The highest BCUT2D eigenvalue weighted by molar-refractivity contribution is 5.80. The largest absolute Gasteiger partial charge is 0.481 e. The Morgan fingerprint density at radius 2 is 2.00 bits per heavy atom. The lowest BCUT2D eigenvalue weighted by Crippen LogP contribution is -2.36. The van der Waals surface area contributed by atoms with Crippen LogP contribution in [0.3, 0.4) is 0 Å². The van der Waals surface area contributed by atoms with Gasteiger partial charge in [0.2, 0.25) is 0 Å². The molecule has 3 aromatic rings. The molecule has 1 heterocycles. The van der Waals surface area contributed by atoms with Crippen LogP contribution in [0.1, 0.15) is 42.3 Å². The molecule has 5 nitrogen and oxygen atoms in total. The zero-order valence-corrected chi connectivity index (χ0v) is 17.0. The number of aryl methyl sites for hydroxylation is 2. The SMILES string of the molecule is Cc1nccn1-c1ccccc1CNC(=O)[C@H](C)Oc1cccc2c1CCCC2. The van der Waals surface area contributed by atoms with Crippen molar-refractivity contribution >= 4 is 5.91 Å². The van der Waals surface area contributed by atoms with Crippen molar-refractivity contribution in [1.29, 1.82) is 0 Å². The van der Waals surface area contributed by atoms with Gasteiger partial charge in [0.05, 0.1) is 5.69 Å². The van der Waals surface area contributed by atoms with E-state index >= 15 is 0 Å². The van der Waals surface area contributed by atoms with E-state index in [4.69, 9.17) is 4.74 Å². The number of fused-ring (bicyclic) bond motifs is 1. The number of carbonyl (C=O) groups excluding carboxylic acids is 1. The molecule has 150 valence electrons. The Hall–Kier alpha value is -3.08. The highest BCUT2D eigenvalue weighted by atomic mass is 16.5. The van der Waals surface area contributed by atoms with Crippen LogP contribution < -0.4 is 10.1 Å². The molecule has 2 aromatic carbocycles. The number of amides is 1. The monoisotopic (exact) mass is 389 g/mol. The molecule has 29 heavy (non-hydrogen) atoms. The number of hydrogen-bond acceptors (Lipinski definition) is 3. The molecule has 0 aliphatic heterocycles. The quantitative estimate of drug-likeness (QED) is 0.689. The first-order chi connectivity index (χ1) is 14.1. The number of rotatable bonds is 6. The Labute approximate surface area is 171 Å². The lowest BCUT2D eigenvalue weighted by atomic mass is 9.91. The van der Waals surface area contributed by atoms with Gasteiger partial charge in [-0.3, -0.25) is 4.79 Å². The Balaban J connectivity index is 1.43. The summed E-state index contributed by atoms with van der Waals surface area (Å²) in [5, 5.41) is 3.02. The zero-order chi connectivity index (χ0) is 20.2. The number of para-hydroxylation sites is 1. The van der Waals surface area contributed by atoms with Gasteiger partial charge in [-0.2, -0.15) is 0 Å². The predicted octanol–water partition coefficient (Wildman–Crippen LogP) is 4.14. The first-order valence-electron chi connectivity index (χ1n) is 10.3. The van der Waals surface area contributed by atoms with E-state index < -0.39 is 6.10 Å². The molecule has 0 bridgehead atoms. The minimum Gasteiger partial charge on any atom is -0.481 e.